The molecule has 0 amide bonds. The van der Waals surface area contributed by atoms with Gasteiger partial charge in [0.25, 0.3) is 0 Å². The highest BCUT2D eigenvalue weighted by atomic mass is 19.1. The molecule has 88 valence electrons. The van der Waals surface area contributed by atoms with Gasteiger partial charge in [-0.3, -0.25) is 0 Å². The Kier molecular flexibility index (Phi) is 4.10. The fourth-order valence-corrected chi connectivity index (χ4v) is 1.27. The Hall–Kier alpha value is -1.78. The number of carbonyl (C=O) groups excluding carboxylic acids is 1. The number of halogens is 1. The summed E-state index contributed by atoms with van der Waals surface area (Å²) in [6.07, 6.45) is 0. The average Bonchev–Trinajstić information content (AvgIpc) is 2.16. The minimum absolute atomic E-state index is 0.304. The summed E-state index contributed by atoms with van der Waals surface area (Å²) in [6, 6.07) is 3.49. The van der Waals surface area contributed by atoms with Gasteiger partial charge in [0.15, 0.2) is 0 Å². The van der Waals surface area contributed by atoms with Crippen molar-refractivity contribution in [3.8, 4) is 0 Å². The molecule has 0 fully saturated rings. The lowest BCUT2D eigenvalue weighted by molar-refractivity contribution is -0.143. The predicted octanol–water partition coefficient (Wildman–Crippen LogP) is 1.77. The Morgan fingerprint density at radius 3 is 2.81 bits per heavy atom. The minimum atomic E-state index is -0.541. The molecule has 3 N–H and O–H groups in total. The number of nitrogens with one attached hydrogen (secondary N) is 1. The summed E-state index contributed by atoms with van der Waals surface area (Å²) < 4.78 is 17.8. The topological polar surface area (TPSA) is 64.3 Å². The third kappa shape index (κ3) is 3.42. The van der Waals surface area contributed by atoms with Crippen LogP contribution in [0.4, 0.5) is 15.8 Å². The number of nitrogens with two attached hydrogens (primary N) is 1. The Labute approximate surface area is 93.6 Å². The summed E-state index contributed by atoms with van der Waals surface area (Å²) in [5.41, 5.74) is 6.23. The molecule has 0 saturated carbocycles. The second-order valence-electron chi connectivity index (χ2n) is 3.39. The van der Waals surface area contributed by atoms with E-state index in [0.717, 1.165) is 0 Å². The van der Waals surface area contributed by atoms with E-state index in [9.17, 15) is 9.18 Å². The van der Waals surface area contributed by atoms with E-state index in [0.29, 0.717) is 18.0 Å². The SMILES string of the molecule is CCOC(=O)C(C)Nc1cc(N)cc(F)c1. The second-order valence-corrected chi connectivity index (χ2v) is 3.39. The molecular formula is C11H15FN2O2. The molecule has 0 radical (unpaired) electrons. The lowest BCUT2D eigenvalue weighted by atomic mass is 10.2. The largest absolute Gasteiger partial charge is 0.464 e. The third-order valence-electron chi connectivity index (χ3n) is 1.94. The van der Waals surface area contributed by atoms with E-state index in [-0.39, 0.29) is 5.97 Å². The number of rotatable bonds is 4. The van der Waals surface area contributed by atoms with Crippen molar-refractivity contribution in [2.75, 3.05) is 17.7 Å². The minimum Gasteiger partial charge on any atom is -0.464 e. The first-order valence-corrected chi connectivity index (χ1v) is 5.02. The van der Waals surface area contributed by atoms with Crippen LogP contribution >= 0.6 is 0 Å². The molecule has 0 bridgehead atoms. The zero-order valence-corrected chi connectivity index (χ0v) is 9.29. The highest BCUT2D eigenvalue weighted by molar-refractivity contribution is 5.79. The highest BCUT2D eigenvalue weighted by Crippen LogP contribution is 2.16. The fraction of sp³-hybridized carbons (Fsp3) is 0.364. The van der Waals surface area contributed by atoms with Crippen LogP contribution in [0.25, 0.3) is 0 Å². The van der Waals surface area contributed by atoms with Crippen molar-refractivity contribution in [3.05, 3.63) is 24.0 Å². The molecular weight excluding hydrogens is 211 g/mol. The van der Waals surface area contributed by atoms with Gasteiger partial charge in [-0.25, -0.2) is 9.18 Å². The van der Waals surface area contributed by atoms with Crippen molar-refractivity contribution in [1.82, 2.24) is 0 Å². The van der Waals surface area contributed by atoms with Crippen LogP contribution in [0.5, 0.6) is 0 Å². The number of hydrogen-bond acceptors (Lipinski definition) is 4. The Morgan fingerprint density at radius 1 is 1.56 bits per heavy atom. The van der Waals surface area contributed by atoms with E-state index in [2.05, 4.69) is 5.32 Å². The first-order chi connectivity index (χ1) is 7.52. The fourth-order valence-electron chi connectivity index (χ4n) is 1.27. The van der Waals surface area contributed by atoms with Crippen LogP contribution in [0.2, 0.25) is 0 Å². The molecule has 5 heteroatoms. The number of hydrogen-bond donors (Lipinski definition) is 2. The van der Waals surface area contributed by atoms with Gasteiger partial charge >= 0.3 is 5.97 Å². The summed E-state index contributed by atoms with van der Waals surface area (Å²) in [5.74, 6) is -0.830. The molecule has 0 saturated heterocycles. The van der Waals surface area contributed by atoms with Crippen LogP contribution in [0.3, 0.4) is 0 Å². The van der Waals surface area contributed by atoms with Gasteiger partial charge in [-0.2, -0.15) is 0 Å². The van der Waals surface area contributed by atoms with E-state index in [1.807, 2.05) is 0 Å². The molecule has 4 nitrogen and oxygen atoms in total. The molecule has 16 heavy (non-hydrogen) atoms. The molecule has 1 rings (SSSR count). The standard InChI is InChI=1S/C11H15FN2O2/c1-3-16-11(15)7(2)14-10-5-8(12)4-9(13)6-10/h4-7,14H,3,13H2,1-2H3. The van der Waals surface area contributed by atoms with E-state index in [1.165, 1.54) is 12.1 Å². The van der Waals surface area contributed by atoms with Gasteiger partial charge in [0.05, 0.1) is 6.61 Å². The molecule has 1 unspecified atom stereocenters. The normalized spacial score (nSPS) is 11.9. The lowest BCUT2D eigenvalue weighted by Gasteiger charge is -2.14. The van der Waals surface area contributed by atoms with E-state index in [4.69, 9.17) is 10.5 Å². The summed E-state index contributed by atoms with van der Waals surface area (Å²) in [4.78, 5) is 11.3. The van der Waals surface area contributed by atoms with Crippen LogP contribution in [-0.4, -0.2) is 18.6 Å². The molecule has 0 heterocycles. The number of anilines is 2. The monoisotopic (exact) mass is 226 g/mol. The van der Waals surface area contributed by atoms with Crippen molar-refractivity contribution >= 4 is 17.3 Å². The van der Waals surface area contributed by atoms with Gasteiger partial charge in [-0.05, 0) is 32.0 Å². The number of nitrogen functional groups attached to an aromatic ring is 1. The molecule has 1 aromatic carbocycles. The number of esters is 1. The van der Waals surface area contributed by atoms with Crippen molar-refractivity contribution in [2.24, 2.45) is 0 Å². The molecule has 1 atom stereocenters. The van der Waals surface area contributed by atoms with Crippen LogP contribution in [-0.2, 0) is 9.53 Å². The van der Waals surface area contributed by atoms with E-state index < -0.39 is 11.9 Å². The average molecular weight is 226 g/mol. The Balaban J connectivity index is 2.69. The number of ether oxygens (including phenoxy) is 1. The maximum atomic E-state index is 13.0. The van der Waals surface area contributed by atoms with Gasteiger partial charge in [0.2, 0.25) is 0 Å². The van der Waals surface area contributed by atoms with Gasteiger partial charge in [0.1, 0.15) is 11.9 Å². The lowest BCUT2D eigenvalue weighted by Crippen LogP contribution is -2.28. The van der Waals surface area contributed by atoms with Gasteiger partial charge in [-0.15, -0.1) is 0 Å². The third-order valence-corrected chi connectivity index (χ3v) is 1.94. The molecule has 0 aliphatic heterocycles. The molecule has 0 aliphatic carbocycles. The summed E-state index contributed by atoms with van der Waals surface area (Å²) >= 11 is 0. The van der Waals surface area contributed by atoms with Crippen LogP contribution in [0.15, 0.2) is 18.2 Å². The second kappa shape index (κ2) is 5.34. The predicted molar refractivity (Wildman–Crippen MR) is 60.5 cm³/mol. The number of carbonyl (C=O) groups is 1. The maximum absolute atomic E-state index is 13.0. The quantitative estimate of drug-likeness (QED) is 0.606. The van der Waals surface area contributed by atoms with Crippen LogP contribution in [0, 0.1) is 5.82 Å². The van der Waals surface area contributed by atoms with Gasteiger partial charge in [-0.1, -0.05) is 0 Å². The molecule has 0 spiro atoms. The Bertz CT molecular complexity index is 362. The molecule has 0 aromatic heterocycles. The zero-order chi connectivity index (χ0) is 12.1. The molecule has 0 aliphatic rings. The Morgan fingerprint density at radius 2 is 2.25 bits per heavy atom. The summed E-state index contributed by atoms with van der Waals surface area (Å²) in [5, 5.41) is 2.81. The molecule has 1 aromatic rings. The van der Waals surface area contributed by atoms with Crippen LogP contribution in [0.1, 0.15) is 13.8 Å². The van der Waals surface area contributed by atoms with Crippen molar-refractivity contribution in [2.45, 2.75) is 19.9 Å². The van der Waals surface area contributed by atoms with Gasteiger partial charge < -0.3 is 15.8 Å². The number of benzene rings is 1. The summed E-state index contributed by atoms with van der Waals surface area (Å²) in [6.45, 7) is 3.68. The van der Waals surface area contributed by atoms with E-state index in [1.54, 1.807) is 19.9 Å². The maximum Gasteiger partial charge on any atom is 0.328 e. The van der Waals surface area contributed by atoms with Crippen molar-refractivity contribution in [1.29, 1.82) is 0 Å². The first kappa shape index (κ1) is 12.3. The van der Waals surface area contributed by atoms with Crippen molar-refractivity contribution < 1.29 is 13.9 Å². The van der Waals surface area contributed by atoms with Gasteiger partial charge in [0, 0.05) is 11.4 Å². The first-order valence-electron chi connectivity index (χ1n) is 5.02. The van der Waals surface area contributed by atoms with Crippen molar-refractivity contribution in [3.63, 3.8) is 0 Å². The smallest absolute Gasteiger partial charge is 0.328 e. The van der Waals surface area contributed by atoms with E-state index >= 15 is 0 Å². The highest BCUT2D eigenvalue weighted by Gasteiger charge is 2.13. The summed E-state index contributed by atoms with van der Waals surface area (Å²) in [7, 11) is 0. The zero-order valence-electron chi connectivity index (χ0n) is 9.29. The van der Waals surface area contributed by atoms with Crippen LogP contribution < -0.4 is 11.1 Å².